The first-order valence-electron chi connectivity index (χ1n) is 8.68. The highest BCUT2D eigenvalue weighted by Gasteiger charge is 2.14. The van der Waals surface area contributed by atoms with E-state index in [9.17, 15) is 4.79 Å². The number of thiazole rings is 1. The first-order valence-corrected chi connectivity index (χ1v) is 9.50. The number of carbonyl (C=O) groups is 1. The van der Waals surface area contributed by atoms with Crippen molar-refractivity contribution in [3.8, 4) is 16.5 Å². The molecular formula is C21H18N2O3S. The highest BCUT2D eigenvalue weighted by Crippen LogP contribution is 2.31. The number of nitrogens with zero attached hydrogens (tertiary/aromatic N) is 1. The van der Waals surface area contributed by atoms with E-state index >= 15 is 0 Å². The summed E-state index contributed by atoms with van der Waals surface area (Å²) in [5.41, 5.74) is 1.89. The third-order valence-corrected chi connectivity index (χ3v) is 5.05. The lowest BCUT2D eigenvalue weighted by molar-refractivity contribution is 0.0924. The molecule has 0 saturated carbocycles. The summed E-state index contributed by atoms with van der Waals surface area (Å²) in [5, 5.41) is 3.63. The maximum atomic E-state index is 12.4. The second-order valence-electron chi connectivity index (χ2n) is 5.91. The lowest BCUT2D eigenvalue weighted by Crippen LogP contribution is -2.22. The Morgan fingerprint density at radius 3 is 2.89 bits per heavy atom. The van der Waals surface area contributed by atoms with Crippen LogP contribution < -0.4 is 10.1 Å². The first-order chi connectivity index (χ1) is 13.2. The molecule has 1 N–H and O–H groups in total. The van der Waals surface area contributed by atoms with Crippen molar-refractivity contribution in [2.45, 2.75) is 13.5 Å². The Morgan fingerprint density at radius 2 is 2.04 bits per heavy atom. The van der Waals surface area contributed by atoms with Crippen LogP contribution in [-0.4, -0.2) is 17.5 Å². The minimum atomic E-state index is -0.260. The number of amides is 1. The van der Waals surface area contributed by atoms with Gasteiger partial charge in [-0.1, -0.05) is 24.3 Å². The van der Waals surface area contributed by atoms with Gasteiger partial charge in [-0.2, -0.15) is 0 Å². The van der Waals surface area contributed by atoms with Crippen molar-refractivity contribution in [1.82, 2.24) is 10.3 Å². The normalized spacial score (nSPS) is 10.9. The molecule has 2 aromatic heterocycles. The van der Waals surface area contributed by atoms with E-state index in [-0.39, 0.29) is 11.7 Å². The average Bonchev–Trinajstić information content (AvgIpc) is 3.33. The van der Waals surface area contributed by atoms with Gasteiger partial charge >= 0.3 is 0 Å². The van der Waals surface area contributed by atoms with Crippen LogP contribution >= 0.6 is 11.3 Å². The molecule has 1 amide bonds. The van der Waals surface area contributed by atoms with Gasteiger partial charge in [-0.05, 0) is 48.9 Å². The average molecular weight is 378 g/mol. The zero-order chi connectivity index (χ0) is 18.6. The Bertz CT molecular complexity index is 1050. The Kier molecular flexibility index (Phi) is 4.89. The maximum Gasteiger partial charge on any atom is 0.287 e. The van der Waals surface area contributed by atoms with Crippen LogP contribution in [0.25, 0.3) is 21.0 Å². The Morgan fingerprint density at radius 1 is 1.15 bits per heavy atom. The van der Waals surface area contributed by atoms with E-state index in [4.69, 9.17) is 9.15 Å². The lowest BCUT2D eigenvalue weighted by atomic mass is 10.2. The van der Waals surface area contributed by atoms with Crippen LogP contribution in [-0.2, 0) is 6.54 Å². The minimum absolute atomic E-state index is 0.260. The Hall–Kier alpha value is -3.12. The van der Waals surface area contributed by atoms with Gasteiger partial charge in [0.05, 0.1) is 16.8 Å². The highest BCUT2D eigenvalue weighted by atomic mass is 32.1. The highest BCUT2D eigenvalue weighted by molar-refractivity contribution is 7.21. The van der Waals surface area contributed by atoms with E-state index in [2.05, 4.69) is 10.3 Å². The minimum Gasteiger partial charge on any atom is -0.494 e. The predicted molar refractivity (Wildman–Crippen MR) is 106 cm³/mol. The zero-order valence-corrected chi connectivity index (χ0v) is 15.6. The quantitative estimate of drug-likeness (QED) is 0.519. The molecule has 0 bridgehead atoms. The van der Waals surface area contributed by atoms with Gasteiger partial charge in [-0.25, -0.2) is 4.98 Å². The molecule has 0 radical (unpaired) electrons. The van der Waals surface area contributed by atoms with Gasteiger partial charge in [0.1, 0.15) is 5.75 Å². The molecule has 0 atom stereocenters. The summed E-state index contributed by atoms with van der Waals surface area (Å²) >= 11 is 1.54. The summed E-state index contributed by atoms with van der Waals surface area (Å²) in [6.45, 7) is 2.95. The molecule has 0 aliphatic rings. The number of hydrogen-bond acceptors (Lipinski definition) is 5. The molecule has 5 nitrogen and oxygen atoms in total. The number of furan rings is 1. The zero-order valence-electron chi connectivity index (χ0n) is 14.8. The molecule has 0 spiro atoms. The van der Waals surface area contributed by atoms with Crippen LogP contribution in [0.2, 0.25) is 0 Å². The molecule has 0 saturated heterocycles. The molecule has 27 heavy (non-hydrogen) atoms. The number of aromatic nitrogens is 1. The summed E-state index contributed by atoms with van der Waals surface area (Å²) in [7, 11) is 0. The maximum absolute atomic E-state index is 12.4. The molecular weight excluding hydrogens is 360 g/mol. The van der Waals surface area contributed by atoms with Gasteiger partial charge in [0.15, 0.2) is 16.5 Å². The third kappa shape index (κ3) is 3.85. The van der Waals surface area contributed by atoms with Crippen LogP contribution in [0.15, 0.2) is 65.1 Å². The second-order valence-corrected chi connectivity index (χ2v) is 6.94. The van der Waals surface area contributed by atoms with E-state index in [0.29, 0.717) is 18.9 Å². The first kappa shape index (κ1) is 17.3. The van der Waals surface area contributed by atoms with Gasteiger partial charge in [0.25, 0.3) is 5.91 Å². The van der Waals surface area contributed by atoms with Gasteiger partial charge in [0, 0.05) is 6.54 Å². The fourth-order valence-electron chi connectivity index (χ4n) is 2.73. The molecule has 2 aromatic carbocycles. The van der Waals surface area contributed by atoms with Crippen molar-refractivity contribution < 1.29 is 13.9 Å². The van der Waals surface area contributed by atoms with Crippen LogP contribution in [0, 0.1) is 0 Å². The number of ether oxygens (including phenoxy) is 1. The van der Waals surface area contributed by atoms with E-state index < -0.39 is 0 Å². The second kappa shape index (κ2) is 7.63. The molecule has 0 unspecified atom stereocenters. The number of hydrogen-bond donors (Lipinski definition) is 1. The van der Waals surface area contributed by atoms with Gasteiger partial charge in [-0.15, -0.1) is 11.3 Å². The van der Waals surface area contributed by atoms with Crippen LogP contribution in [0.1, 0.15) is 23.0 Å². The molecule has 136 valence electrons. The number of benzene rings is 2. The SMILES string of the molecule is CCOc1cccc(CNC(=O)c2ccc(-c3nc4ccccc4s3)o2)c1. The molecule has 4 rings (SSSR count). The number of para-hydroxylation sites is 1. The molecule has 0 aliphatic carbocycles. The van der Waals surface area contributed by atoms with E-state index in [1.807, 2.05) is 55.5 Å². The van der Waals surface area contributed by atoms with Crippen molar-refractivity contribution in [1.29, 1.82) is 0 Å². The molecule has 2 heterocycles. The number of carbonyl (C=O) groups excluding carboxylic acids is 1. The summed E-state index contributed by atoms with van der Waals surface area (Å²) in [4.78, 5) is 16.9. The summed E-state index contributed by atoms with van der Waals surface area (Å²) < 4.78 is 12.3. The fourth-order valence-corrected chi connectivity index (χ4v) is 3.66. The Balaban J connectivity index is 1.45. The van der Waals surface area contributed by atoms with E-state index in [1.165, 1.54) is 0 Å². The van der Waals surface area contributed by atoms with E-state index in [0.717, 1.165) is 26.5 Å². The summed E-state index contributed by atoms with van der Waals surface area (Å²) in [5.74, 6) is 1.40. The largest absolute Gasteiger partial charge is 0.494 e. The van der Waals surface area contributed by atoms with Gasteiger partial charge < -0.3 is 14.5 Å². The standard InChI is InChI=1S/C21H18N2O3S/c1-2-25-15-7-5-6-14(12-15)13-22-20(24)17-10-11-18(26-17)21-23-16-8-3-4-9-19(16)27-21/h3-12H,2,13H2,1H3,(H,22,24). The van der Waals surface area contributed by atoms with Crippen molar-refractivity contribution in [2.75, 3.05) is 6.61 Å². The van der Waals surface area contributed by atoms with Crippen LogP contribution in [0.3, 0.4) is 0 Å². The Labute approximate surface area is 160 Å². The van der Waals surface area contributed by atoms with Crippen molar-refractivity contribution >= 4 is 27.5 Å². The lowest BCUT2D eigenvalue weighted by Gasteiger charge is -2.07. The van der Waals surface area contributed by atoms with Crippen molar-refractivity contribution in [3.05, 3.63) is 72.0 Å². The smallest absolute Gasteiger partial charge is 0.287 e. The van der Waals surface area contributed by atoms with E-state index in [1.54, 1.807) is 23.5 Å². The molecule has 6 heteroatoms. The van der Waals surface area contributed by atoms with Crippen molar-refractivity contribution in [3.63, 3.8) is 0 Å². The van der Waals surface area contributed by atoms with Crippen molar-refractivity contribution in [2.24, 2.45) is 0 Å². The van der Waals surface area contributed by atoms with Crippen LogP contribution in [0.5, 0.6) is 5.75 Å². The van der Waals surface area contributed by atoms with Crippen LogP contribution in [0.4, 0.5) is 0 Å². The monoisotopic (exact) mass is 378 g/mol. The third-order valence-electron chi connectivity index (χ3n) is 4.00. The molecule has 0 fully saturated rings. The number of fused-ring (bicyclic) bond motifs is 1. The summed E-state index contributed by atoms with van der Waals surface area (Å²) in [6, 6.07) is 19.0. The van der Waals surface area contributed by atoms with Gasteiger partial charge in [0.2, 0.25) is 0 Å². The topological polar surface area (TPSA) is 64.4 Å². The molecule has 0 aliphatic heterocycles. The number of nitrogens with one attached hydrogen (secondary N) is 1. The summed E-state index contributed by atoms with van der Waals surface area (Å²) in [6.07, 6.45) is 0. The number of rotatable bonds is 6. The molecule has 4 aromatic rings. The predicted octanol–water partition coefficient (Wildman–Crippen LogP) is 4.89. The fraction of sp³-hybridized carbons (Fsp3) is 0.143. The van der Waals surface area contributed by atoms with Gasteiger partial charge in [-0.3, -0.25) is 4.79 Å².